The van der Waals surface area contributed by atoms with Crippen LogP contribution in [0.3, 0.4) is 0 Å². The number of hydrogen-bond acceptors (Lipinski definition) is 2. The van der Waals surface area contributed by atoms with Gasteiger partial charge in [0.25, 0.3) is 0 Å². The van der Waals surface area contributed by atoms with Crippen LogP contribution in [-0.4, -0.2) is 14.4 Å². The lowest BCUT2D eigenvalue weighted by Gasteiger charge is -2.17. The molecule has 7 aromatic rings. The van der Waals surface area contributed by atoms with Gasteiger partial charge in [0.2, 0.25) is 0 Å². The van der Waals surface area contributed by atoms with Crippen molar-refractivity contribution < 1.29 is 0 Å². The molecule has 38 heavy (non-hydrogen) atoms. The lowest BCUT2D eigenvalue weighted by Crippen LogP contribution is -2.06. The summed E-state index contributed by atoms with van der Waals surface area (Å²) in [6.07, 6.45) is 6.35. The fourth-order valence-corrected chi connectivity index (χ4v) is 6.66. The Balaban J connectivity index is 1.45. The van der Waals surface area contributed by atoms with E-state index in [0.29, 0.717) is 0 Å². The van der Waals surface area contributed by atoms with Gasteiger partial charge in [-0.05, 0) is 79.6 Å². The quantitative estimate of drug-likeness (QED) is 0.200. The molecule has 0 saturated heterocycles. The fourth-order valence-electron chi connectivity index (χ4n) is 5.96. The van der Waals surface area contributed by atoms with Crippen molar-refractivity contribution in [3.63, 3.8) is 0 Å². The van der Waals surface area contributed by atoms with Crippen molar-refractivity contribution in [1.82, 2.24) is 14.4 Å². The summed E-state index contributed by atoms with van der Waals surface area (Å²) in [6.45, 7) is 0. The summed E-state index contributed by atoms with van der Waals surface area (Å²) in [5, 5.41) is 4.90. The SMILES string of the molecule is Brc1c2ccccc2c(-c2cccc(-c3nc4c(c5nc6ccccc6n35)C=CCC4)c2)c2ccccc12. The van der Waals surface area contributed by atoms with Gasteiger partial charge in [-0.2, -0.15) is 0 Å². The minimum atomic E-state index is 0.931. The number of imidazole rings is 1. The Kier molecular flexibility index (Phi) is 4.79. The van der Waals surface area contributed by atoms with Crippen LogP contribution in [0.4, 0.5) is 0 Å². The third-order valence-electron chi connectivity index (χ3n) is 7.67. The van der Waals surface area contributed by atoms with Crippen LogP contribution in [0.2, 0.25) is 0 Å². The van der Waals surface area contributed by atoms with Crippen molar-refractivity contribution >= 4 is 60.2 Å². The summed E-state index contributed by atoms with van der Waals surface area (Å²) >= 11 is 3.90. The molecule has 2 aromatic heterocycles. The third-order valence-corrected chi connectivity index (χ3v) is 8.53. The molecule has 0 spiro atoms. The molecule has 0 fully saturated rings. The number of aromatic nitrogens is 3. The molecule has 3 nitrogen and oxygen atoms in total. The van der Waals surface area contributed by atoms with Gasteiger partial charge in [0, 0.05) is 15.6 Å². The van der Waals surface area contributed by atoms with Gasteiger partial charge in [-0.1, -0.05) is 91.0 Å². The summed E-state index contributed by atoms with van der Waals surface area (Å²) in [5.41, 5.74) is 8.82. The number of hydrogen-bond donors (Lipinski definition) is 0. The number of benzene rings is 5. The number of nitrogens with zero attached hydrogens (tertiary/aromatic N) is 3. The average Bonchev–Trinajstić information content (AvgIpc) is 3.37. The highest BCUT2D eigenvalue weighted by atomic mass is 79.9. The Bertz CT molecular complexity index is 2040. The number of aryl methyl sites for hydroxylation is 1. The molecular formula is C34H22BrN3. The van der Waals surface area contributed by atoms with Crippen molar-refractivity contribution in [2.75, 3.05) is 0 Å². The summed E-state index contributed by atoms with van der Waals surface area (Å²) in [4.78, 5) is 10.3. The zero-order valence-corrected chi connectivity index (χ0v) is 22.1. The van der Waals surface area contributed by atoms with E-state index in [2.05, 4.69) is 130 Å². The Morgan fingerprint density at radius 3 is 2.16 bits per heavy atom. The van der Waals surface area contributed by atoms with Crippen LogP contribution in [-0.2, 0) is 6.42 Å². The zero-order valence-electron chi connectivity index (χ0n) is 20.5. The van der Waals surface area contributed by atoms with Crippen molar-refractivity contribution in [2.24, 2.45) is 0 Å². The lowest BCUT2D eigenvalue weighted by molar-refractivity contribution is 0.910. The molecule has 0 bridgehead atoms. The molecule has 8 rings (SSSR count). The van der Waals surface area contributed by atoms with Crippen LogP contribution >= 0.6 is 15.9 Å². The highest BCUT2D eigenvalue weighted by molar-refractivity contribution is 9.10. The van der Waals surface area contributed by atoms with Gasteiger partial charge in [-0.15, -0.1) is 0 Å². The van der Waals surface area contributed by atoms with Gasteiger partial charge in [0.05, 0.1) is 16.7 Å². The van der Waals surface area contributed by atoms with Gasteiger partial charge in [-0.25, -0.2) is 9.97 Å². The molecule has 0 aliphatic heterocycles. The van der Waals surface area contributed by atoms with E-state index < -0.39 is 0 Å². The summed E-state index contributed by atoms with van der Waals surface area (Å²) < 4.78 is 3.38. The zero-order chi connectivity index (χ0) is 25.2. The van der Waals surface area contributed by atoms with Crippen LogP contribution in [0.15, 0.2) is 108 Å². The smallest absolute Gasteiger partial charge is 0.148 e. The largest absolute Gasteiger partial charge is 0.276 e. The molecule has 0 amide bonds. The van der Waals surface area contributed by atoms with Gasteiger partial charge in [-0.3, -0.25) is 4.40 Å². The number of para-hydroxylation sites is 2. The molecule has 1 aliphatic carbocycles. The van der Waals surface area contributed by atoms with E-state index in [1.165, 1.54) is 32.7 Å². The maximum Gasteiger partial charge on any atom is 0.148 e. The minimum Gasteiger partial charge on any atom is -0.276 e. The van der Waals surface area contributed by atoms with E-state index in [9.17, 15) is 0 Å². The summed E-state index contributed by atoms with van der Waals surface area (Å²) in [7, 11) is 0. The standard InChI is InChI=1S/C34H22BrN3/c35-32-25-14-3-1-12-23(25)31(24-13-2-4-15-26(24)32)21-10-9-11-22(20-21)33-36-28-17-6-5-16-27(28)34-37-29-18-7-8-19-30(29)38(33)34/h1-5,7-16,18-20H,6,17H2. The van der Waals surface area contributed by atoms with Crippen LogP contribution < -0.4 is 0 Å². The van der Waals surface area contributed by atoms with Crippen molar-refractivity contribution in [3.05, 3.63) is 119 Å². The van der Waals surface area contributed by atoms with Gasteiger partial charge in [0.15, 0.2) is 0 Å². The summed E-state index contributed by atoms with van der Waals surface area (Å²) in [5.74, 6) is 0.940. The van der Waals surface area contributed by atoms with Gasteiger partial charge >= 0.3 is 0 Å². The normalized spacial score (nSPS) is 13.1. The Morgan fingerprint density at radius 1 is 0.684 bits per heavy atom. The Hall–Kier alpha value is -4.28. The Labute approximate surface area is 228 Å². The third kappa shape index (κ3) is 3.13. The minimum absolute atomic E-state index is 0.931. The molecule has 0 radical (unpaired) electrons. The molecule has 4 heteroatoms. The molecule has 0 N–H and O–H groups in total. The average molecular weight is 552 g/mol. The van der Waals surface area contributed by atoms with Crippen LogP contribution in [0.5, 0.6) is 0 Å². The molecule has 180 valence electrons. The summed E-state index contributed by atoms with van der Waals surface area (Å²) in [6, 6.07) is 34.5. The maximum atomic E-state index is 5.27. The molecule has 1 aliphatic rings. The fraction of sp³-hybridized carbons (Fsp3) is 0.0588. The lowest BCUT2D eigenvalue weighted by atomic mass is 9.91. The molecule has 0 unspecified atom stereocenters. The first kappa shape index (κ1) is 21.8. The van der Waals surface area contributed by atoms with E-state index in [0.717, 1.165) is 56.6 Å². The first-order chi connectivity index (χ1) is 18.8. The monoisotopic (exact) mass is 551 g/mol. The predicted octanol–water partition coefficient (Wildman–Crippen LogP) is 9.24. The highest BCUT2D eigenvalue weighted by Gasteiger charge is 2.20. The van der Waals surface area contributed by atoms with Crippen molar-refractivity contribution in [1.29, 1.82) is 0 Å². The van der Waals surface area contributed by atoms with Gasteiger partial charge in [0.1, 0.15) is 11.5 Å². The number of fused-ring (bicyclic) bond motifs is 7. The first-order valence-electron chi connectivity index (χ1n) is 12.9. The molecular weight excluding hydrogens is 530 g/mol. The van der Waals surface area contributed by atoms with Crippen LogP contribution in [0.25, 0.3) is 66.8 Å². The molecule has 0 atom stereocenters. The predicted molar refractivity (Wildman–Crippen MR) is 161 cm³/mol. The van der Waals surface area contributed by atoms with Crippen LogP contribution in [0, 0.1) is 0 Å². The van der Waals surface area contributed by atoms with Gasteiger partial charge < -0.3 is 0 Å². The first-order valence-corrected chi connectivity index (χ1v) is 13.7. The second kappa shape index (κ2) is 8.37. The Morgan fingerprint density at radius 2 is 1.37 bits per heavy atom. The molecule has 0 saturated carbocycles. The number of rotatable bonds is 2. The van der Waals surface area contributed by atoms with E-state index in [1.54, 1.807) is 0 Å². The van der Waals surface area contributed by atoms with E-state index >= 15 is 0 Å². The van der Waals surface area contributed by atoms with Crippen molar-refractivity contribution in [3.8, 4) is 22.5 Å². The number of allylic oxidation sites excluding steroid dienone is 1. The van der Waals surface area contributed by atoms with Crippen LogP contribution in [0.1, 0.15) is 17.7 Å². The van der Waals surface area contributed by atoms with E-state index in [-0.39, 0.29) is 0 Å². The highest BCUT2D eigenvalue weighted by Crippen LogP contribution is 2.42. The topological polar surface area (TPSA) is 30.2 Å². The molecule has 2 heterocycles. The number of halogens is 1. The van der Waals surface area contributed by atoms with E-state index in [1.807, 2.05) is 0 Å². The van der Waals surface area contributed by atoms with E-state index in [4.69, 9.17) is 9.97 Å². The second-order valence-electron chi connectivity index (χ2n) is 9.86. The van der Waals surface area contributed by atoms with Crippen molar-refractivity contribution in [2.45, 2.75) is 12.8 Å². The molecule has 5 aromatic carbocycles. The second-order valence-corrected chi connectivity index (χ2v) is 10.7. The maximum absolute atomic E-state index is 5.27.